The van der Waals surface area contributed by atoms with Gasteiger partial charge in [0, 0.05) is 11.8 Å². The number of nitro groups is 2. The second-order valence-corrected chi connectivity index (χ2v) is 2.40. The second kappa shape index (κ2) is 3.34. The summed E-state index contributed by atoms with van der Waals surface area (Å²) in [7, 11) is 0. The van der Waals surface area contributed by atoms with Crippen molar-refractivity contribution in [3.05, 3.63) is 55.6 Å². The van der Waals surface area contributed by atoms with E-state index in [1.165, 1.54) is 0 Å². The SMILES string of the molecule is N=C1C=C([N+](=O)[O-])C([N+](=O)[O-])=C[C]1[NH-]. The molecule has 0 aromatic heterocycles. The molecule has 0 bridgehead atoms. The van der Waals surface area contributed by atoms with Crippen molar-refractivity contribution in [2.75, 3.05) is 0 Å². The molecule has 0 aromatic rings. The largest absolute Gasteiger partial charge is 0.664 e. The Balaban J connectivity index is 3.19. The Bertz CT molecular complexity index is 383. The molecule has 0 saturated heterocycles. The summed E-state index contributed by atoms with van der Waals surface area (Å²) in [5.74, 6) is 0. The monoisotopic (exact) mass is 196 g/mol. The Kier molecular flexibility index (Phi) is 2.38. The highest BCUT2D eigenvalue weighted by Crippen LogP contribution is 2.23. The molecule has 0 heterocycles. The minimum atomic E-state index is -0.949. The van der Waals surface area contributed by atoms with Crippen LogP contribution in [0.25, 0.3) is 5.73 Å². The van der Waals surface area contributed by atoms with E-state index < -0.39 is 33.0 Å². The van der Waals surface area contributed by atoms with Crippen molar-refractivity contribution in [3.63, 3.8) is 0 Å². The van der Waals surface area contributed by atoms with Crippen LogP contribution < -0.4 is 0 Å². The van der Waals surface area contributed by atoms with E-state index in [0.717, 1.165) is 0 Å². The zero-order chi connectivity index (χ0) is 10.9. The summed E-state index contributed by atoms with van der Waals surface area (Å²) in [6.45, 7) is 0. The highest BCUT2D eigenvalue weighted by molar-refractivity contribution is 6.07. The summed E-state index contributed by atoms with van der Waals surface area (Å²) in [5.41, 5.74) is 5.13. The predicted molar refractivity (Wildman–Crippen MR) is 45.4 cm³/mol. The Morgan fingerprint density at radius 3 is 2.00 bits per heavy atom. The number of hydrogen-bond acceptors (Lipinski definition) is 5. The summed E-state index contributed by atoms with van der Waals surface area (Å²) in [5, 5.41) is 27.8. The zero-order valence-corrected chi connectivity index (χ0v) is 6.68. The molecule has 8 heteroatoms. The molecule has 0 atom stereocenters. The van der Waals surface area contributed by atoms with E-state index in [1.54, 1.807) is 0 Å². The van der Waals surface area contributed by atoms with Gasteiger partial charge in [0.1, 0.15) is 0 Å². The lowest BCUT2D eigenvalue weighted by molar-refractivity contribution is -0.479. The molecule has 14 heavy (non-hydrogen) atoms. The van der Waals surface area contributed by atoms with Crippen LogP contribution in [0.3, 0.4) is 0 Å². The highest BCUT2D eigenvalue weighted by Gasteiger charge is 2.32. The molecule has 1 radical (unpaired) electrons. The molecule has 1 aliphatic rings. The van der Waals surface area contributed by atoms with E-state index >= 15 is 0 Å². The first kappa shape index (κ1) is 9.99. The van der Waals surface area contributed by atoms with E-state index in [9.17, 15) is 20.2 Å². The van der Waals surface area contributed by atoms with Crippen molar-refractivity contribution in [1.29, 1.82) is 5.41 Å². The maximum absolute atomic E-state index is 10.3. The van der Waals surface area contributed by atoms with Gasteiger partial charge in [-0.3, -0.25) is 20.2 Å². The van der Waals surface area contributed by atoms with Crippen LogP contribution in [0.15, 0.2) is 23.5 Å². The topological polar surface area (TPSA) is 134 Å². The van der Waals surface area contributed by atoms with E-state index in [4.69, 9.17) is 11.1 Å². The Morgan fingerprint density at radius 2 is 1.57 bits per heavy atom. The highest BCUT2D eigenvalue weighted by atomic mass is 16.6. The smallest absolute Gasteiger partial charge is 0.347 e. The van der Waals surface area contributed by atoms with Gasteiger partial charge in [0.15, 0.2) is 0 Å². The summed E-state index contributed by atoms with van der Waals surface area (Å²) >= 11 is 0. The molecule has 0 fully saturated rings. The quantitative estimate of drug-likeness (QED) is 0.518. The lowest BCUT2D eigenvalue weighted by atomic mass is 10.0. The summed E-state index contributed by atoms with van der Waals surface area (Å²) in [6, 6.07) is -0.415. The standard InChI is InChI=1S/C6H4N4O4/c7-3-1-5(9(11)12)6(10(13)14)2-4(3)8/h1-2,7-8H/q-1. The Labute approximate surface area is 77.5 Å². The fraction of sp³-hybridized carbons (Fsp3) is 0. The second-order valence-electron chi connectivity index (χ2n) is 2.40. The third-order valence-electron chi connectivity index (χ3n) is 1.51. The molecule has 73 valence electrons. The fourth-order valence-corrected chi connectivity index (χ4v) is 0.869. The van der Waals surface area contributed by atoms with E-state index in [0.29, 0.717) is 12.2 Å². The molecule has 0 spiro atoms. The molecule has 0 amide bonds. The van der Waals surface area contributed by atoms with Gasteiger partial charge >= 0.3 is 11.4 Å². The molecule has 0 aliphatic heterocycles. The molecule has 0 saturated carbocycles. The van der Waals surface area contributed by atoms with Crippen LogP contribution in [0, 0.1) is 31.7 Å². The van der Waals surface area contributed by atoms with Gasteiger partial charge in [0.05, 0.1) is 9.85 Å². The minimum Gasteiger partial charge on any atom is -0.664 e. The summed E-state index contributed by atoms with van der Waals surface area (Å²) in [4.78, 5) is 18.8. The number of rotatable bonds is 2. The van der Waals surface area contributed by atoms with Crippen molar-refractivity contribution < 1.29 is 9.85 Å². The summed E-state index contributed by atoms with van der Waals surface area (Å²) in [6.07, 6.45) is 1.39. The van der Waals surface area contributed by atoms with Crippen LogP contribution >= 0.6 is 0 Å². The van der Waals surface area contributed by atoms with Gasteiger partial charge in [-0.15, -0.1) is 0 Å². The Morgan fingerprint density at radius 1 is 1.14 bits per heavy atom. The maximum atomic E-state index is 10.3. The molecule has 1 rings (SSSR count). The zero-order valence-electron chi connectivity index (χ0n) is 6.68. The van der Waals surface area contributed by atoms with Crippen molar-refractivity contribution in [1.82, 2.24) is 0 Å². The van der Waals surface area contributed by atoms with Crippen molar-refractivity contribution >= 4 is 5.71 Å². The minimum absolute atomic E-state index is 0.415. The lowest BCUT2D eigenvalue weighted by Crippen LogP contribution is -2.18. The van der Waals surface area contributed by atoms with Gasteiger partial charge in [0.2, 0.25) is 0 Å². The predicted octanol–water partition coefficient (Wildman–Crippen LogP) is 0.925. The van der Waals surface area contributed by atoms with E-state index in [-0.39, 0.29) is 0 Å². The Hall–Kier alpha value is -2.09. The number of hydrogen-bond donors (Lipinski definition) is 1. The lowest BCUT2D eigenvalue weighted by Gasteiger charge is -2.16. The first-order valence-electron chi connectivity index (χ1n) is 3.33. The van der Waals surface area contributed by atoms with Crippen LogP contribution in [0.1, 0.15) is 0 Å². The van der Waals surface area contributed by atoms with Gasteiger partial charge in [-0.1, -0.05) is 6.04 Å². The normalized spacial score (nSPS) is 17.4. The van der Waals surface area contributed by atoms with E-state index in [2.05, 4.69) is 0 Å². The summed E-state index contributed by atoms with van der Waals surface area (Å²) < 4.78 is 0. The molecular weight excluding hydrogens is 192 g/mol. The van der Waals surface area contributed by atoms with Crippen molar-refractivity contribution in [2.45, 2.75) is 0 Å². The molecular formula is C6H4N4O4-. The van der Waals surface area contributed by atoms with Crippen molar-refractivity contribution in [3.8, 4) is 0 Å². The van der Waals surface area contributed by atoms with Crippen LogP contribution in [0.4, 0.5) is 0 Å². The van der Waals surface area contributed by atoms with Crippen LogP contribution in [-0.4, -0.2) is 15.6 Å². The number of nitrogens with zero attached hydrogens (tertiary/aromatic N) is 2. The molecule has 2 N–H and O–H groups in total. The third kappa shape index (κ3) is 1.64. The molecule has 0 unspecified atom stereocenters. The van der Waals surface area contributed by atoms with E-state index in [1.807, 2.05) is 0 Å². The first-order chi connectivity index (χ1) is 6.43. The van der Waals surface area contributed by atoms with Crippen LogP contribution in [-0.2, 0) is 0 Å². The first-order valence-corrected chi connectivity index (χ1v) is 3.33. The molecule has 0 aromatic carbocycles. The van der Waals surface area contributed by atoms with Crippen LogP contribution in [0.5, 0.6) is 0 Å². The van der Waals surface area contributed by atoms with Gasteiger partial charge < -0.3 is 11.1 Å². The third-order valence-corrected chi connectivity index (χ3v) is 1.51. The van der Waals surface area contributed by atoms with Crippen LogP contribution in [0.2, 0.25) is 0 Å². The average molecular weight is 196 g/mol. The maximum Gasteiger partial charge on any atom is 0.347 e. The van der Waals surface area contributed by atoms with Crippen molar-refractivity contribution in [2.24, 2.45) is 0 Å². The van der Waals surface area contributed by atoms with Gasteiger partial charge in [-0.25, -0.2) is 0 Å². The number of nitrogens with one attached hydrogen (secondary N) is 2. The fourth-order valence-electron chi connectivity index (χ4n) is 0.869. The van der Waals surface area contributed by atoms with Gasteiger partial charge in [-0.2, -0.15) is 0 Å². The van der Waals surface area contributed by atoms with Gasteiger partial charge in [-0.05, 0) is 6.08 Å². The molecule has 1 aliphatic carbocycles. The molecule has 8 nitrogen and oxygen atoms in total. The average Bonchev–Trinajstić information content (AvgIpc) is 2.08. The van der Waals surface area contributed by atoms with Gasteiger partial charge in [0.25, 0.3) is 0 Å².